The van der Waals surface area contributed by atoms with Crippen LogP contribution in [0.15, 0.2) is 29.3 Å². The molecule has 1 aromatic rings. The maximum atomic E-state index is 12.3. The van der Waals surface area contributed by atoms with E-state index in [2.05, 4.69) is 10.3 Å². The minimum atomic E-state index is -0.404. The third-order valence-electron chi connectivity index (χ3n) is 3.37. The van der Waals surface area contributed by atoms with Gasteiger partial charge in [-0.3, -0.25) is 19.5 Å². The van der Waals surface area contributed by atoms with E-state index >= 15 is 0 Å². The number of amides is 2. The largest absolute Gasteiger partial charge is 0.497 e. The molecule has 6 nitrogen and oxygen atoms in total. The van der Waals surface area contributed by atoms with Gasteiger partial charge in [0.15, 0.2) is 5.17 Å². The van der Waals surface area contributed by atoms with Crippen LogP contribution in [0.3, 0.4) is 0 Å². The molecule has 1 heterocycles. The molecule has 0 radical (unpaired) electrons. The second kappa shape index (κ2) is 8.01. The Morgan fingerprint density at radius 2 is 2.04 bits per heavy atom. The normalized spacial score (nSPS) is 19.3. The van der Waals surface area contributed by atoms with Crippen LogP contribution in [-0.4, -0.2) is 47.3 Å². The molecule has 0 aromatic heterocycles. The molecular weight excluding hydrogens is 314 g/mol. The van der Waals surface area contributed by atoms with Gasteiger partial charge in [0, 0.05) is 25.2 Å². The first-order valence-corrected chi connectivity index (χ1v) is 8.43. The van der Waals surface area contributed by atoms with Gasteiger partial charge < -0.3 is 10.1 Å². The van der Waals surface area contributed by atoms with Crippen molar-refractivity contribution in [3.8, 4) is 5.75 Å². The highest BCUT2D eigenvalue weighted by Crippen LogP contribution is 2.29. The van der Waals surface area contributed by atoms with Crippen molar-refractivity contribution in [3.05, 3.63) is 24.3 Å². The lowest BCUT2D eigenvalue weighted by Crippen LogP contribution is -2.33. The van der Waals surface area contributed by atoms with Gasteiger partial charge in [-0.25, -0.2) is 0 Å². The zero-order valence-corrected chi connectivity index (χ0v) is 14.4. The number of thioether (sulfide) groups is 1. The first kappa shape index (κ1) is 17.3. The van der Waals surface area contributed by atoms with E-state index in [9.17, 15) is 9.59 Å². The number of nitrogens with one attached hydrogen (secondary N) is 1. The molecule has 0 aliphatic carbocycles. The average Bonchev–Trinajstić information content (AvgIpc) is 2.83. The summed E-state index contributed by atoms with van der Waals surface area (Å²) in [4.78, 5) is 30.4. The number of nitrogens with zero attached hydrogens (tertiary/aromatic N) is 2. The lowest BCUT2D eigenvalue weighted by atomic mass is 10.2. The van der Waals surface area contributed by atoms with Crippen LogP contribution in [0.25, 0.3) is 0 Å². The molecule has 0 bridgehead atoms. The summed E-state index contributed by atoms with van der Waals surface area (Å²) in [5.74, 6) is 0.493. The molecule has 2 amide bonds. The van der Waals surface area contributed by atoms with Crippen molar-refractivity contribution in [3.63, 3.8) is 0 Å². The summed E-state index contributed by atoms with van der Waals surface area (Å²) in [7, 11) is 1.59. The van der Waals surface area contributed by atoms with Gasteiger partial charge in [0.25, 0.3) is 0 Å². The van der Waals surface area contributed by atoms with E-state index in [1.165, 1.54) is 11.8 Å². The van der Waals surface area contributed by atoms with E-state index in [1.54, 1.807) is 36.3 Å². The summed E-state index contributed by atoms with van der Waals surface area (Å²) in [6, 6.07) is 7.08. The number of hydrogen-bond donors (Lipinski definition) is 1. The number of ether oxygens (including phenoxy) is 1. The molecule has 124 valence electrons. The monoisotopic (exact) mass is 335 g/mol. The number of carbonyl (C=O) groups excluding carboxylic acids is 2. The number of benzene rings is 1. The number of anilines is 1. The molecule has 1 aliphatic rings. The Morgan fingerprint density at radius 3 is 2.61 bits per heavy atom. The van der Waals surface area contributed by atoms with Crippen molar-refractivity contribution in [1.29, 1.82) is 0 Å². The predicted octanol–water partition coefficient (Wildman–Crippen LogP) is 2.36. The van der Waals surface area contributed by atoms with Crippen LogP contribution in [-0.2, 0) is 9.59 Å². The summed E-state index contributed by atoms with van der Waals surface area (Å²) >= 11 is 1.37. The van der Waals surface area contributed by atoms with Crippen LogP contribution in [0, 0.1) is 0 Å². The Kier molecular flexibility index (Phi) is 6.04. The van der Waals surface area contributed by atoms with Crippen LogP contribution in [0.5, 0.6) is 5.75 Å². The van der Waals surface area contributed by atoms with Crippen molar-refractivity contribution in [1.82, 2.24) is 4.90 Å². The van der Waals surface area contributed by atoms with E-state index in [0.717, 1.165) is 5.75 Å². The third-order valence-corrected chi connectivity index (χ3v) is 4.59. The van der Waals surface area contributed by atoms with Crippen molar-refractivity contribution in [2.45, 2.75) is 25.5 Å². The standard InChI is InChI=1S/C16H21N3O3S/c1-4-17-16-19(5-2)15(21)13(23-16)10-14(20)18-11-6-8-12(22-3)9-7-11/h6-9,13H,4-5,10H2,1-3H3,(H,18,20)/t13-/m1/s1. The number of aliphatic imine (C=N–C) groups is 1. The summed E-state index contributed by atoms with van der Waals surface area (Å²) in [5.41, 5.74) is 0.682. The number of rotatable bonds is 6. The SMILES string of the molecule is CCN=C1S[C@H](CC(=O)Nc2ccc(OC)cc2)C(=O)N1CC. The second-order valence-electron chi connectivity index (χ2n) is 4.93. The summed E-state index contributed by atoms with van der Waals surface area (Å²) in [6.45, 7) is 5.02. The molecular formula is C16H21N3O3S. The highest BCUT2D eigenvalue weighted by molar-refractivity contribution is 8.15. The quantitative estimate of drug-likeness (QED) is 0.866. The summed E-state index contributed by atoms with van der Waals surface area (Å²) in [6.07, 6.45) is 0.134. The van der Waals surface area contributed by atoms with E-state index < -0.39 is 5.25 Å². The molecule has 1 fully saturated rings. The molecule has 1 atom stereocenters. The topological polar surface area (TPSA) is 71.0 Å². The molecule has 0 spiro atoms. The third kappa shape index (κ3) is 4.25. The van der Waals surface area contributed by atoms with Crippen LogP contribution in [0.1, 0.15) is 20.3 Å². The van der Waals surface area contributed by atoms with Crippen molar-refractivity contribution in [2.75, 3.05) is 25.5 Å². The van der Waals surface area contributed by atoms with Gasteiger partial charge in [0.05, 0.1) is 7.11 Å². The first-order chi connectivity index (χ1) is 11.1. The number of amidine groups is 1. The van der Waals surface area contributed by atoms with Crippen molar-refractivity contribution in [2.24, 2.45) is 4.99 Å². The smallest absolute Gasteiger partial charge is 0.242 e. The van der Waals surface area contributed by atoms with Gasteiger partial charge in [-0.05, 0) is 38.1 Å². The average molecular weight is 335 g/mol. The highest BCUT2D eigenvalue weighted by atomic mass is 32.2. The first-order valence-electron chi connectivity index (χ1n) is 7.55. The zero-order valence-electron chi connectivity index (χ0n) is 13.5. The maximum Gasteiger partial charge on any atom is 0.242 e. The molecule has 7 heteroatoms. The van der Waals surface area contributed by atoms with Crippen LogP contribution >= 0.6 is 11.8 Å². The Bertz CT molecular complexity index is 601. The van der Waals surface area contributed by atoms with Gasteiger partial charge >= 0.3 is 0 Å². The van der Waals surface area contributed by atoms with Gasteiger partial charge in [-0.15, -0.1) is 0 Å². The number of methoxy groups -OCH3 is 1. The number of carbonyl (C=O) groups is 2. The fourth-order valence-electron chi connectivity index (χ4n) is 2.24. The lowest BCUT2D eigenvalue weighted by Gasteiger charge is -2.13. The van der Waals surface area contributed by atoms with Crippen molar-refractivity contribution >= 4 is 34.4 Å². The molecule has 1 aromatic carbocycles. The molecule has 1 saturated heterocycles. The predicted molar refractivity (Wildman–Crippen MR) is 93.0 cm³/mol. The van der Waals surface area contributed by atoms with Gasteiger partial charge in [-0.1, -0.05) is 11.8 Å². The van der Waals surface area contributed by atoms with E-state index in [0.29, 0.717) is 23.9 Å². The Balaban J connectivity index is 1.97. The fraction of sp³-hybridized carbons (Fsp3) is 0.438. The van der Waals surface area contributed by atoms with Gasteiger partial charge in [0.1, 0.15) is 11.0 Å². The van der Waals surface area contributed by atoms with Gasteiger partial charge in [0.2, 0.25) is 11.8 Å². The van der Waals surface area contributed by atoms with E-state index in [1.807, 2.05) is 13.8 Å². The molecule has 23 heavy (non-hydrogen) atoms. The molecule has 1 N–H and O–H groups in total. The molecule has 0 unspecified atom stereocenters. The van der Waals surface area contributed by atoms with E-state index in [4.69, 9.17) is 4.74 Å². The van der Waals surface area contributed by atoms with Crippen LogP contribution in [0.4, 0.5) is 5.69 Å². The van der Waals surface area contributed by atoms with Gasteiger partial charge in [-0.2, -0.15) is 0 Å². The Labute approximate surface area is 140 Å². The van der Waals surface area contributed by atoms with Crippen LogP contribution < -0.4 is 10.1 Å². The molecule has 2 rings (SSSR count). The minimum Gasteiger partial charge on any atom is -0.497 e. The minimum absolute atomic E-state index is 0.0467. The zero-order chi connectivity index (χ0) is 16.8. The molecule has 1 aliphatic heterocycles. The second-order valence-corrected chi connectivity index (χ2v) is 6.10. The Morgan fingerprint density at radius 1 is 1.35 bits per heavy atom. The lowest BCUT2D eigenvalue weighted by molar-refractivity contribution is -0.128. The molecule has 0 saturated carbocycles. The highest BCUT2D eigenvalue weighted by Gasteiger charge is 2.37. The van der Waals surface area contributed by atoms with E-state index in [-0.39, 0.29) is 18.2 Å². The number of hydrogen-bond acceptors (Lipinski definition) is 5. The van der Waals surface area contributed by atoms with Crippen LogP contribution in [0.2, 0.25) is 0 Å². The summed E-state index contributed by atoms with van der Waals surface area (Å²) in [5, 5.41) is 3.11. The maximum absolute atomic E-state index is 12.3. The fourth-order valence-corrected chi connectivity index (χ4v) is 3.51. The van der Waals surface area contributed by atoms with Crippen molar-refractivity contribution < 1.29 is 14.3 Å². The summed E-state index contributed by atoms with van der Waals surface area (Å²) < 4.78 is 5.08. The Hall–Kier alpha value is -2.02.